The highest BCUT2D eigenvalue weighted by Crippen LogP contribution is 2.30. The molecule has 0 saturated heterocycles. The summed E-state index contributed by atoms with van der Waals surface area (Å²) in [6.45, 7) is 0. The summed E-state index contributed by atoms with van der Waals surface area (Å²) in [6, 6.07) is 3.22. The molecule has 0 amide bonds. The Labute approximate surface area is 87.8 Å². The van der Waals surface area contributed by atoms with E-state index in [2.05, 4.69) is 0 Å². The van der Waals surface area contributed by atoms with E-state index in [-0.39, 0.29) is 35.8 Å². The van der Waals surface area contributed by atoms with Gasteiger partial charge in [-0.05, 0) is 25.0 Å². The Morgan fingerprint density at radius 2 is 2.21 bits per heavy atom. The molecule has 78 valence electrons. The Bertz CT molecular complexity index is 377. The third-order valence-electron chi connectivity index (χ3n) is 2.56. The van der Waals surface area contributed by atoms with Crippen LogP contribution in [0.5, 0.6) is 0 Å². The van der Waals surface area contributed by atoms with E-state index in [0.717, 1.165) is 12.8 Å². The first-order chi connectivity index (χ1) is 6.20. The van der Waals surface area contributed by atoms with Crippen LogP contribution in [0.15, 0.2) is 23.1 Å². The van der Waals surface area contributed by atoms with E-state index >= 15 is 0 Å². The zero-order chi connectivity index (χ0) is 9.42. The molecule has 0 bridgehead atoms. The first kappa shape index (κ1) is 11.1. The topological polar surface area (TPSA) is 68.2 Å². The molecule has 1 unspecified atom stereocenters. The quantitative estimate of drug-likeness (QED) is 0.721. The van der Waals surface area contributed by atoms with Gasteiger partial charge in [0.2, 0.25) is 0 Å². The monoisotopic (exact) mass is 216 g/mol. The highest BCUT2D eigenvalue weighted by Gasteiger charge is 2.30. The van der Waals surface area contributed by atoms with Gasteiger partial charge in [-0.25, -0.2) is 0 Å². The second kappa shape index (κ2) is 4.02. The van der Waals surface area contributed by atoms with Crippen molar-refractivity contribution in [3.05, 3.63) is 28.7 Å². The Morgan fingerprint density at radius 1 is 1.50 bits per heavy atom. The van der Waals surface area contributed by atoms with Gasteiger partial charge in [0.15, 0.2) is 0 Å². The van der Waals surface area contributed by atoms with Gasteiger partial charge in [0.05, 0.1) is 17.8 Å². The number of halogens is 1. The SMILES string of the molecule is Cl.Nc1cccn(C2CC[C@@H]2O)c1=O. The number of nitrogen functional groups attached to an aromatic ring is 1. The minimum Gasteiger partial charge on any atom is -0.394 e. The van der Waals surface area contributed by atoms with Crippen LogP contribution in [0, 0.1) is 0 Å². The third kappa shape index (κ3) is 1.63. The van der Waals surface area contributed by atoms with Crippen LogP contribution < -0.4 is 11.3 Å². The van der Waals surface area contributed by atoms with E-state index in [9.17, 15) is 9.90 Å². The molecule has 1 aromatic heterocycles. The van der Waals surface area contributed by atoms with Gasteiger partial charge in [0.1, 0.15) is 0 Å². The highest BCUT2D eigenvalue weighted by atomic mass is 35.5. The number of nitrogens with two attached hydrogens (primary N) is 1. The smallest absolute Gasteiger partial charge is 0.274 e. The minimum atomic E-state index is -0.389. The van der Waals surface area contributed by atoms with Crippen LogP contribution in [0.3, 0.4) is 0 Å². The standard InChI is InChI=1S/C9H12N2O2.ClH/c10-6-2-1-5-11(9(6)13)7-3-4-8(7)12;/h1-2,5,7-8,12H,3-4,10H2;1H/t7?,8-;/m0./s1. The molecule has 1 aromatic rings. The minimum absolute atomic E-state index is 0. The number of aromatic nitrogens is 1. The number of nitrogens with zero attached hydrogens (tertiary/aromatic N) is 1. The van der Waals surface area contributed by atoms with E-state index in [0.29, 0.717) is 0 Å². The summed E-state index contributed by atoms with van der Waals surface area (Å²) in [7, 11) is 0. The fourth-order valence-corrected chi connectivity index (χ4v) is 1.58. The summed E-state index contributed by atoms with van der Waals surface area (Å²) in [4.78, 5) is 11.5. The van der Waals surface area contributed by atoms with E-state index in [1.54, 1.807) is 18.3 Å². The summed E-state index contributed by atoms with van der Waals surface area (Å²) in [5, 5.41) is 9.38. The molecule has 2 rings (SSSR count). The van der Waals surface area contributed by atoms with Crippen molar-refractivity contribution in [3.63, 3.8) is 0 Å². The first-order valence-corrected chi connectivity index (χ1v) is 4.35. The number of aliphatic hydroxyl groups excluding tert-OH is 1. The predicted octanol–water partition coefficient (Wildman–Crippen LogP) is 0.548. The molecule has 1 fully saturated rings. The number of anilines is 1. The zero-order valence-electron chi connectivity index (χ0n) is 7.59. The Hall–Kier alpha value is -1.00. The van der Waals surface area contributed by atoms with E-state index < -0.39 is 0 Å². The summed E-state index contributed by atoms with van der Waals surface area (Å²) in [5.41, 5.74) is 5.50. The van der Waals surface area contributed by atoms with Crippen LogP contribution in [0.2, 0.25) is 0 Å². The van der Waals surface area contributed by atoms with Crippen molar-refractivity contribution in [1.29, 1.82) is 0 Å². The molecular weight excluding hydrogens is 204 g/mol. The van der Waals surface area contributed by atoms with Crippen molar-refractivity contribution in [3.8, 4) is 0 Å². The maximum atomic E-state index is 11.5. The van der Waals surface area contributed by atoms with Crippen LogP contribution in [0.25, 0.3) is 0 Å². The van der Waals surface area contributed by atoms with Crippen LogP contribution in [0.4, 0.5) is 5.69 Å². The number of rotatable bonds is 1. The molecule has 5 heteroatoms. The molecule has 0 radical (unpaired) electrons. The van der Waals surface area contributed by atoms with Gasteiger partial charge in [-0.3, -0.25) is 4.79 Å². The van der Waals surface area contributed by atoms with Gasteiger partial charge in [-0.15, -0.1) is 12.4 Å². The van der Waals surface area contributed by atoms with Gasteiger partial charge in [0, 0.05) is 6.20 Å². The van der Waals surface area contributed by atoms with Gasteiger partial charge >= 0.3 is 0 Å². The fraction of sp³-hybridized carbons (Fsp3) is 0.444. The van der Waals surface area contributed by atoms with E-state index in [4.69, 9.17) is 5.73 Å². The van der Waals surface area contributed by atoms with E-state index in [1.165, 1.54) is 4.57 Å². The molecule has 14 heavy (non-hydrogen) atoms. The van der Waals surface area contributed by atoms with Crippen molar-refractivity contribution in [2.24, 2.45) is 0 Å². The summed E-state index contributed by atoms with van der Waals surface area (Å²) in [5.74, 6) is 0. The van der Waals surface area contributed by atoms with Crippen LogP contribution >= 0.6 is 12.4 Å². The molecule has 1 saturated carbocycles. The van der Waals surface area contributed by atoms with Crippen LogP contribution in [-0.4, -0.2) is 15.8 Å². The van der Waals surface area contributed by atoms with Gasteiger partial charge < -0.3 is 15.4 Å². The molecule has 1 aliphatic carbocycles. The lowest BCUT2D eigenvalue weighted by atomic mass is 9.89. The maximum Gasteiger partial charge on any atom is 0.274 e. The zero-order valence-corrected chi connectivity index (χ0v) is 8.41. The number of aliphatic hydroxyl groups is 1. The molecular formula is C9H13ClN2O2. The molecule has 3 N–H and O–H groups in total. The van der Waals surface area contributed by atoms with Crippen molar-refractivity contribution in [2.75, 3.05) is 5.73 Å². The van der Waals surface area contributed by atoms with Crippen LogP contribution in [-0.2, 0) is 0 Å². The van der Waals surface area contributed by atoms with Gasteiger partial charge in [-0.2, -0.15) is 0 Å². The van der Waals surface area contributed by atoms with E-state index in [1.807, 2.05) is 0 Å². The molecule has 1 aliphatic rings. The molecule has 4 nitrogen and oxygen atoms in total. The summed E-state index contributed by atoms with van der Waals surface area (Å²) in [6.07, 6.45) is 2.90. The number of hydrogen-bond donors (Lipinski definition) is 2. The largest absolute Gasteiger partial charge is 0.394 e. The summed E-state index contributed by atoms with van der Waals surface area (Å²) >= 11 is 0. The normalized spacial score (nSPS) is 24.9. The van der Waals surface area contributed by atoms with Crippen molar-refractivity contribution in [2.45, 2.75) is 25.0 Å². The van der Waals surface area contributed by atoms with Crippen LogP contribution in [0.1, 0.15) is 18.9 Å². The fourth-order valence-electron chi connectivity index (χ4n) is 1.58. The molecule has 2 atom stereocenters. The van der Waals surface area contributed by atoms with Gasteiger partial charge in [-0.1, -0.05) is 0 Å². The molecule has 1 heterocycles. The summed E-state index contributed by atoms with van der Waals surface area (Å²) < 4.78 is 1.52. The van der Waals surface area contributed by atoms with Crippen molar-refractivity contribution >= 4 is 18.1 Å². The lowest BCUT2D eigenvalue weighted by Gasteiger charge is -2.33. The van der Waals surface area contributed by atoms with Crippen molar-refractivity contribution < 1.29 is 5.11 Å². The predicted molar refractivity (Wildman–Crippen MR) is 56.6 cm³/mol. The average Bonchev–Trinajstić information content (AvgIpc) is 2.10. The molecule has 0 aromatic carbocycles. The Morgan fingerprint density at radius 3 is 2.71 bits per heavy atom. The highest BCUT2D eigenvalue weighted by molar-refractivity contribution is 5.85. The lowest BCUT2D eigenvalue weighted by molar-refractivity contribution is 0.0300. The first-order valence-electron chi connectivity index (χ1n) is 4.35. The average molecular weight is 217 g/mol. The lowest BCUT2D eigenvalue weighted by Crippen LogP contribution is -2.39. The van der Waals surface area contributed by atoms with Crippen molar-refractivity contribution in [1.82, 2.24) is 4.57 Å². The maximum absolute atomic E-state index is 11.5. The van der Waals surface area contributed by atoms with Gasteiger partial charge in [0.25, 0.3) is 5.56 Å². The Balaban J connectivity index is 0.000000980. The molecule has 0 aliphatic heterocycles. The Kier molecular flexibility index (Phi) is 3.18. The number of pyridine rings is 1. The second-order valence-corrected chi connectivity index (χ2v) is 3.39. The third-order valence-corrected chi connectivity index (χ3v) is 2.56. The second-order valence-electron chi connectivity index (χ2n) is 3.39. The molecule has 0 spiro atoms. The number of hydrogen-bond acceptors (Lipinski definition) is 3.